The molecule has 1 fully saturated rings. The Morgan fingerprint density at radius 2 is 2.05 bits per heavy atom. The van der Waals surface area contributed by atoms with E-state index in [9.17, 15) is 4.79 Å². The molecule has 2 N–H and O–H groups in total. The van der Waals surface area contributed by atoms with E-state index < -0.39 is 0 Å². The van der Waals surface area contributed by atoms with Crippen LogP contribution in [0.3, 0.4) is 0 Å². The van der Waals surface area contributed by atoms with Crippen LogP contribution in [0.5, 0.6) is 0 Å². The van der Waals surface area contributed by atoms with Crippen molar-refractivity contribution < 1.29 is 4.79 Å². The van der Waals surface area contributed by atoms with E-state index in [4.69, 9.17) is 0 Å². The fourth-order valence-corrected chi connectivity index (χ4v) is 2.35. The number of nitrogens with zero attached hydrogens (tertiary/aromatic N) is 1. The summed E-state index contributed by atoms with van der Waals surface area (Å²) < 4.78 is 0. The smallest absolute Gasteiger partial charge is 0.227 e. The van der Waals surface area contributed by atoms with Crippen molar-refractivity contribution in [2.75, 3.05) is 16.8 Å². The summed E-state index contributed by atoms with van der Waals surface area (Å²) >= 11 is 0. The second-order valence-electron chi connectivity index (χ2n) is 4.77. The van der Waals surface area contributed by atoms with E-state index in [0.717, 1.165) is 30.9 Å². The molecule has 1 aromatic heterocycles. The van der Waals surface area contributed by atoms with Crippen LogP contribution in [-0.2, 0) is 11.3 Å². The molecule has 1 aliphatic heterocycles. The Hall–Kier alpha value is -2.23. The molecule has 0 aliphatic carbocycles. The molecule has 19 heavy (non-hydrogen) atoms. The van der Waals surface area contributed by atoms with Crippen LogP contribution in [0, 0.1) is 0 Å². The van der Waals surface area contributed by atoms with Gasteiger partial charge in [-0.1, -0.05) is 0 Å². The minimum Gasteiger partial charge on any atom is -0.381 e. The highest BCUT2D eigenvalue weighted by atomic mass is 16.2. The lowest BCUT2D eigenvalue weighted by molar-refractivity contribution is -0.117. The lowest BCUT2D eigenvalue weighted by Gasteiger charge is -2.16. The molecule has 2 aromatic rings. The van der Waals surface area contributed by atoms with Gasteiger partial charge >= 0.3 is 0 Å². The van der Waals surface area contributed by atoms with Crippen LogP contribution < -0.4 is 10.2 Å². The number of benzene rings is 1. The molecule has 1 amide bonds. The van der Waals surface area contributed by atoms with E-state index in [0.29, 0.717) is 6.42 Å². The third-order valence-electron chi connectivity index (χ3n) is 3.41. The number of hydrogen-bond acceptors (Lipinski definition) is 2. The molecule has 98 valence electrons. The van der Waals surface area contributed by atoms with Crippen molar-refractivity contribution in [3.05, 3.63) is 48.3 Å². The Kier molecular flexibility index (Phi) is 3.23. The molecule has 0 saturated carbocycles. The van der Waals surface area contributed by atoms with Crippen LogP contribution in [0.2, 0.25) is 0 Å². The van der Waals surface area contributed by atoms with Gasteiger partial charge in [-0.3, -0.25) is 4.79 Å². The summed E-state index contributed by atoms with van der Waals surface area (Å²) in [6.07, 6.45) is 5.53. The minimum atomic E-state index is 0.230. The number of hydrogen-bond donors (Lipinski definition) is 2. The average molecular weight is 255 g/mol. The van der Waals surface area contributed by atoms with E-state index in [2.05, 4.69) is 10.3 Å². The van der Waals surface area contributed by atoms with Gasteiger partial charge in [0.05, 0.1) is 0 Å². The van der Waals surface area contributed by atoms with Crippen molar-refractivity contribution in [3.8, 4) is 0 Å². The SMILES string of the molecule is O=C1CCCN1c1ccc(NCc2cc[nH]c2)cc1. The molecule has 0 unspecified atom stereocenters. The predicted octanol–water partition coefficient (Wildman–Crippen LogP) is 2.75. The van der Waals surface area contributed by atoms with Crippen molar-refractivity contribution in [1.29, 1.82) is 0 Å². The largest absolute Gasteiger partial charge is 0.381 e. The Balaban J connectivity index is 1.64. The lowest BCUT2D eigenvalue weighted by atomic mass is 10.2. The summed E-state index contributed by atoms with van der Waals surface area (Å²) in [5, 5.41) is 3.35. The van der Waals surface area contributed by atoms with Gasteiger partial charge in [-0.25, -0.2) is 0 Å². The van der Waals surface area contributed by atoms with Gasteiger partial charge in [0.2, 0.25) is 5.91 Å². The van der Waals surface area contributed by atoms with E-state index in [1.807, 2.05) is 47.6 Å². The third kappa shape index (κ3) is 2.62. The Morgan fingerprint density at radius 1 is 1.21 bits per heavy atom. The monoisotopic (exact) mass is 255 g/mol. The molecule has 1 aliphatic rings. The van der Waals surface area contributed by atoms with Crippen LogP contribution in [-0.4, -0.2) is 17.4 Å². The highest BCUT2D eigenvalue weighted by Gasteiger charge is 2.21. The molecule has 1 saturated heterocycles. The zero-order valence-corrected chi connectivity index (χ0v) is 10.7. The van der Waals surface area contributed by atoms with Crippen molar-refractivity contribution in [3.63, 3.8) is 0 Å². The number of aromatic amines is 1. The highest BCUT2D eigenvalue weighted by Crippen LogP contribution is 2.23. The number of rotatable bonds is 4. The summed E-state index contributed by atoms with van der Waals surface area (Å²) in [6.45, 7) is 1.64. The Bertz CT molecular complexity index is 545. The predicted molar refractivity (Wildman–Crippen MR) is 76.1 cm³/mol. The van der Waals surface area contributed by atoms with Gasteiger partial charge in [-0.2, -0.15) is 0 Å². The summed E-state index contributed by atoms with van der Waals surface area (Å²) in [5.41, 5.74) is 3.28. The summed E-state index contributed by atoms with van der Waals surface area (Å²) in [7, 11) is 0. The number of anilines is 2. The lowest BCUT2D eigenvalue weighted by Crippen LogP contribution is -2.23. The highest BCUT2D eigenvalue weighted by molar-refractivity contribution is 5.95. The number of aromatic nitrogens is 1. The van der Waals surface area contributed by atoms with Gasteiger partial charge in [0.1, 0.15) is 0 Å². The minimum absolute atomic E-state index is 0.230. The second-order valence-corrected chi connectivity index (χ2v) is 4.77. The van der Waals surface area contributed by atoms with Crippen LogP contribution in [0.25, 0.3) is 0 Å². The standard InChI is InChI=1S/C15H17N3O/c19-15-2-1-9-18(15)14-5-3-13(4-6-14)17-11-12-7-8-16-10-12/h3-8,10,16-17H,1-2,9,11H2. The first-order valence-corrected chi connectivity index (χ1v) is 6.59. The van der Waals surface area contributed by atoms with Gasteiger partial charge < -0.3 is 15.2 Å². The zero-order valence-electron chi connectivity index (χ0n) is 10.7. The zero-order chi connectivity index (χ0) is 13.1. The van der Waals surface area contributed by atoms with Gasteiger partial charge in [0.15, 0.2) is 0 Å². The van der Waals surface area contributed by atoms with Crippen LogP contribution in [0.4, 0.5) is 11.4 Å². The number of amides is 1. The van der Waals surface area contributed by atoms with Crippen LogP contribution in [0.1, 0.15) is 18.4 Å². The fraction of sp³-hybridized carbons (Fsp3) is 0.267. The van der Waals surface area contributed by atoms with Crippen molar-refractivity contribution in [2.24, 2.45) is 0 Å². The van der Waals surface area contributed by atoms with Crippen LogP contribution in [0.15, 0.2) is 42.7 Å². The second kappa shape index (κ2) is 5.18. The van der Waals surface area contributed by atoms with Gasteiger partial charge in [0.25, 0.3) is 0 Å². The van der Waals surface area contributed by atoms with E-state index >= 15 is 0 Å². The normalized spacial score (nSPS) is 14.9. The molecule has 4 heteroatoms. The molecule has 3 rings (SSSR count). The summed E-state index contributed by atoms with van der Waals surface area (Å²) in [4.78, 5) is 16.5. The van der Waals surface area contributed by atoms with Crippen molar-refractivity contribution in [1.82, 2.24) is 4.98 Å². The summed E-state index contributed by atoms with van der Waals surface area (Å²) in [6, 6.07) is 10.1. The van der Waals surface area contributed by atoms with E-state index in [-0.39, 0.29) is 5.91 Å². The average Bonchev–Trinajstić information content (AvgIpc) is 3.08. The first-order valence-electron chi connectivity index (χ1n) is 6.59. The summed E-state index contributed by atoms with van der Waals surface area (Å²) in [5.74, 6) is 0.230. The topological polar surface area (TPSA) is 48.1 Å². The molecule has 0 radical (unpaired) electrons. The molecule has 0 spiro atoms. The van der Waals surface area contributed by atoms with Crippen molar-refractivity contribution in [2.45, 2.75) is 19.4 Å². The maximum absolute atomic E-state index is 11.6. The Labute approximate surface area is 112 Å². The molecule has 0 bridgehead atoms. The molecule has 4 nitrogen and oxygen atoms in total. The third-order valence-corrected chi connectivity index (χ3v) is 3.41. The van der Waals surface area contributed by atoms with Gasteiger partial charge in [0, 0.05) is 43.3 Å². The quantitative estimate of drug-likeness (QED) is 0.882. The molecule has 2 heterocycles. The maximum Gasteiger partial charge on any atom is 0.227 e. The van der Waals surface area contributed by atoms with Crippen molar-refractivity contribution >= 4 is 17.3 Å². The number of H-pyrrole nitrogens is 1. The Morgan fingerprint density at radius 3 is 2.68 bits per heavy atom. The number of nitrogens with one attached hydrogen (secondary N) is 2. The first kappa shape index (κ1) is 11.8. The van der Waals surface area contributed by atoms with Gasteiger partial charge in [-0.05, 0) is 42.3 Å². The fourth-order valence-electron chi connectivity index (χ4n) is 2.35. The van der Waals surface area contributed by atoms with Crippen LogP contribution >= 0.6 is 0 Å². The molecular weight excluding hydrogens is 238 g/mol. The van der Waals surface area contributed by atoms with E-state index in [1.165, 1.54) is 5.56 Å². The molecule has 1 aromatic carbocycles. The number of carbonyl (C=O) groups excluding carboxylic acids is 1. The molecular formula is C15H17N3O. The van der Waals surface area contributed by atoms with E-state index in [1.54, 1.807) is 0 Å². The molecule has 0 atom stereocenters. The maximum atomic E-state index is 11.6. The van der Waals surface area contributed by atoms with Gasteiger partial charge in [-0.15, -0.1) is 0 Å². The number of carbonyl (C=O) groups is 1. The first-order chi connectivity index (χ1) is 9.33.